The lowest BCUT2D eigenvalue weighted by Gasteiger charge is -2.41. The van der Waals surface area contributed by atoms with Crippen LogP contribution in [0.25, 0.3) is 0 Å². The molecule has 158 valence electrons. The average molecular weight is 411 g/mol. The maximum atomic E-state index is 12.4. The molecule has 1 aromatic heterocycles. The molecule has 0 aromatic carbocycles. The van der Waals surface area contributed by atoms with Crippen LogP contribution >= 0.6 is 0 Å². The lowest BCUT2D eigenvalue weighted by Crippen LogP contribution is -2.50. The Bertz CT molecular complexity index is 795. The van der Waals surface area contributed by atoms with Crippen LogP contribution in [0.15, 0.2) is 34.5 Å². The van der Waals surface area contributed by atoms with E-state index in [-0.39, 0.29) is 23.2 Å². The third-order valence-corrected chi connectivity index (χ3v) is 10.4. The first-order chi connectivity index (χ1) is 12.9. The van der Waals surface area contributed by atoms with Crippen molar-refractivity contribution in [1.82, 2.24) is 9.55 Å². The Morgan fingerprint density at radius 3 is 2.50 bits per heavy atom. The second-order valence-corrected chi connectivity index (χ2v) is 13.8. The van der Waals surface area contributed by atoms with Gasteiger partial charge in [-0.1, -0.05) is 33.8 Å². The number of methoxy groups -OCH3 is 1. The number of nitrogens with zero attached hydrogens (tertiary/aromatic N) is 1. The fourth-order valence-electron chi connectivity index (χ4n) is 3.27. The Balaban J connectivity index is 2.47. The lowest BCUT2D eigenvalue weighted by atomic mass is 9.95. The molecule has 0 bridgehead atoms. The molecule has 0 spiro atoms. The van der Waals surface area contributed by atoms with Crippen molar-refractivity contribution in [3.8, 4) is 0 Å². The minimum absolute atomic E-state index is 0.0183. The van der Waals surface area contributed by atoms with E-state index in [1.54, 1.807) is 7.11 Å². The highest BCUT2D eigenvalue weighted by molar-refractivity contribution is 6.74. The van der Waals surface area contributed by atoms with E-state index in [0.29, 0.717) is 0 Å². The molecule has 8 heteroatoms. The van der Waals surface area contributed by atoms with Gasteiger partial charge in [0.25, 0.3) is 5.56 Å². The predicted octanol–water partition coefficient (Wildman–Crippen LogP) is 3.05. The Morgan fingerprint density at radius 2 is 2.00 bits per heavy atom. The molecule has 0 saturated carbocycles. The summed E-state index contributed by atoms with van der Waals surface area (Å²) >= 11 is 0. The van der Waals surface area contributed by atoms with Gasteiger partial charge < -0.3 is 13.9 Å². The third kappa shape index (κ3) is 4.56. The monoisotopic (exact) mass is 410 g/mol. The molecule has 0 radical (unpaired) electrons. The molecule has 1 fully saturated rings. The molecule has 1 aliphatic rings. The summed E-state index contributed by atoms with van der Waals surface area (Å²) in [6.07, 6.45) is 2.31. The maximum absolute atomic E-state index is 12.4. The summed E-state index contributed by atoms with van der Waals surface area (Å²) in [4.78, 5) is 26.1. The van der Waals surface area contributed by atoms with Crippen molar-refractivity contribution < 1.29 is 13.9 Å². The predicted molar refractivity (Wildman–Crippen MR) is 112 cm³/mol. The first-order valence-corrected chi connectivity index (χ1v) is 12.6. The zero-order chi connectivity index (χ0) is 21.3. The summed E-state index contributed by atoms with van der Waals surface area (Å²) in [5, 5.41) is 0.0183. The van der Waals surface area contributed by atoms with Gasteiger partial charge in [0.2, 0.25) is 0 Å². The summed E-state index contributed by atoms with van der Waals surface area (Å²) in [7, 11) is -0.525. The van der Waals surface area contributed by atoms with Crippen LogP contribution in [-0.2, 0) is 13.9 Å². The highest BCUT2D eigenvalue weighted by Gasteiger charge is 2.52. The Kier molecular flexibility index (Phi) is 6.91. The van der Waals surface area contributed by atoms with Crippen LogP contribution in [-0.4, -0.2) is 43.3 Å². The summed E-state index contributed by atoms with van der Waals surface area (Å²) in [5.74, 6) is 0.133. The van der Waals surface area contributed by atoms with Crippen LogP contribution in [0.3, 0.4) is 0 Å². The molecular weight excluding hydrogens is 376 g/mol. The van der Waals surface area contributed by atoms with Crippen molar-refractivity contribution in [3.63, 3.8) is 0 Å². The smallest absolute Gasteiger partial charge is 0.330 e. The summed E-state index contributed by atoms with van der Waals surface area (Å²) < 4.78 is 20.2. The number of ether oxygens (including phenoxy) is 2. The summed E-state index contributed by atoms with van der Waals surface area (Å²) in [6.45, 7) is 16.8. The molecule has 1 aromatic rings. The minimum atomic E-state index is -2.12. The third-order valence-electron chi connectivity index (χ3n) is 5.96. The number of allylic oxidation sites excluding steroid dienone is 1. The van der Waals surface area contributed by atoms with E-state index < -0.39 is 31.9 Å². The van der Waals surface area contributed by atoms with E-state index in [0.717, 1.165) is 6.42 Å². The minimum Gasteiger partial charge on any atom is -0.408 e. The largest absolute Gasteiger partial charge is 0.408 e. The first kappa shape index (κ1) is 22.8. The molecule has 1 saturated heterocycles. The van der Waals surface area contributed by atoms with E-state index in [1.807, 2.05) is 6.08 Å². The molecular formula is C20H34N2O5Si. The van der Waals surface area contributed by atoms with Crippen LogP contribution in [0, 0.1) is 5.92 Å². The molecule has 0 aliphatic carbocycles. The number of hydrogen-bond donors (Lipinski definition) is 1. The van der Waals surface area contributed by atoms with Crippen molar-refractivity contribution in [2.24, 2.45) is 5.92 Å². The fourth-order valence-corrected chi connectivity index (χ4v) is 4.58. The van der Waals surface area contributed by atoms with Crippen LogP contribution < -0.4 is 11.2 Å². The van der Waals surface area contributed by atoms with Gasteiger partial charge in [0, 0.05) is 19.4 Å². The van der Waals surface area contributed by atoms with E-state index in [9.17, 15) is 9.59 Å². The fraction of sp³-hybridized carbons (Fsp3) is 0.700. The Labute approximate surface area is 167 Å². The SMILES string of the molecule is C=CC[C@H](C)[C@H]1O[C@@H](n2ccc(=O)[nH]c2=O)[C@@H](OC)C1O[Si](C)(C)C(C)(C)C. The lowest BCUT2D eigenvalue weighted by molar-refractivity contribution is -0.0631. The number of aromatic nitrogens is 2. The summed E-state index contributed by atoms with van der Waals surface area (Å²) in [5.41, 5.74) is -0.971. The maximum Gasteiger partial charge on any atom is 0.330 e. The number of aromatic amines is 1. The van der Waals surface area contributed by atoms with Gasteiger partial charge in [-0.2, -0.15) is 0 Å². The van der Waals surface area contributed by atoms with Gasteiger partial charge in [-0.05, 0) is 30.5 Å². The molecule has 2 rings (SSSR count). The summed E-state index contributed by atoms with van der Waals surface area (Å²) in [6, 6.07) is 1.31. The first-order valence-electron chi connectivity index (χ1n) is 9.71. The molecule has 1 aliphatic heterocycles. The standard InChI is InChI=1S/C20H34N2O5Si/c1-9-10-13(2)15-16(27-28(7,8)20(3,4)5)17(25-6)18(26-15)22-12-11-14(23)21-19(22)24/h9,11-13,15-18H,1,10H2,2-8H3,(H,21,23,24)/t13-,15+,16?,17-,18+/m0/s1. The molecule has 1 unspecified atom stereocenters. The van der Waals surface area contributed by atoms with Crippen molar-refractivity contribution in [2.75, 3.05) is 7.11 Å². The Hall–Kier alpha value is -1.48. The van der Waals surface area contributed by atoms with Gasteiger partial charge >= 0.3 is 5.69 Å². The van der Waals surface area contributed by atoms with Gasteiger partial charge in [0.15, 0.2) is 14.5 Å². The number of H-pyrrole nitrogens is 1. The van der Waals surface area contributed by atoms with Gasteiger partial charge in [0.05, 0.1) is 6.10 Å². The molecule has 1 N–H and O–H groups in total. The van der Waals surface area contributed by atoms with E-state index >= 15 is 0 Å². The topological polar surface area (TPSA) is 82.6 Å². The molecule has 28 heavy (non-hydrogen) atoms. The molecule has 2 heterocycles. The van der Waals surface area contributed by atoms with Crippen molar-refractivity contribution in [2.45, 2.75) is 76.8 Å². The second kappa shape index (κ2) is 8.48. The van der Waals surface area contributed by atoms with Crippen LogP contribution in [0.5, 0.6) is 0 Å². The van der Waals surface area contributed by atoms with Gasteiger partial charge in [-0.25, -0.2) is 4.79 Å². The molecule has 0 amide bonds. The van der Waals surface area contributed by atoms with Crippen LogP contribution in [0.1, 0.15) is 40.3 Å². The van der Waals surface area contributed by atoms with Crippen molar-refractivity contribution >= 4 is 8.32 Å². The molecule has 5 atom stereocenters. The normalized spacial score (nSPS) is 27.0. The van der Waals surface area contributed by atoms with Crippen molar-refractivity contribution in [1.29, 1.82) is 0 Å². The molecule has 7 nitrogen and oxygen atoms in total. The quantitative estimate of drug-likeness (QED) is 0.552. The van der Waals surface area contributed by atoms with Crippen LogP contribution in [0.4, 0.5) is 0 Å². The van der Waals surface area contributed by atoms with Gasteiger partial charge in [-0.15, -0.1) is 6.58 Å². The Morgan fingerprint density at radius 1 is 1.36 bits per heavy atom. The zero-order valence-electron chi connectivity index (χ0n) is 18.0. The van der Waals surface area contributed by atoms with Gasteiger partial charge in [-0.3, -0.25) is 14.3 Å². The highest BCUT2D eigenvalue weighted by Crippen LogP contribution is 2.43. The van der Waals surface area contributed by atoms with E-state index in [4.69, 9.17) is 13.9 Å². The average Bonchev–Trinajstić information content (AvgIpc) is 2.91. The highest BCUT2D eigenvalue weighted by atomic mass is 28.4. The van der Waals surface area contributed by atoms with Crippen LogP contribution in [0.2, 0.25) is 18.1 Å². The van der Waals surface area contributed by atoms with Crippen molar-refractivity contribution in [3.05, 3.63) is 45.8 Å². The second-order valence-electron chi connectivity index (χ2n) is 9.05. The number of nitrogens with one attached hydrogen (secondary N) is 1. The number of rotatable bonds is 7. The van der Waals surface area contributed by atoms with E-state index in [2.05, 4.69) is 52.4 Å². The van der Waals surface area contributed by atoms with E-state index in [1.165, 1.54) is 16.8 Å². The number of hydrogen-bond acceptors (Lipinski definition) is 5. The van der Waals surface area contributed by atoms with Gasteiger partial charge in [0.1, 0.15) is 12.2 Å². The zero-order valence-corrected chi connectivity index (χ0v) is 19.0.